The second kappa shape index (κ2) is 5.36. The molecule has 0 bridgehead atoms. The molecule has 0 unspecified atom stereocenters. The van der Waals surface area contributed by atoms with Gasteiger partial charge in [0.2, 0.25) is 0 Å². The van der Waals surface area contributed by atoms with Gasteiger partial charge in [-0.2, -0.15) is 0 Å². The fraction of sp³-hybridized carbons (Fsp3) is 0.364. The number of aliphatic hydroxyl groups excluding tert-OH is 1. The van der Waals surface area contributed by atoms with Crippen LogP contribution in [0.15, 0.2) is 18.2 Å². The zero-order valence-electron chi connectivity index (χ0n) is 8.56. The molecule has 1 rings (SSSR count). The van der Waals surface area contributed by atoms with Crippen molar-refractivity contribution in [3.05, 3.63) is 29.3 Å². The molecule has 2 N–H and O–H groups in total. The van der Waals surface area contributed by atoms with E-state index in [2.05, 4.69) is 0 Å². The van der Waals surface area contributed by atoms with Gasteiger partial charge >= 0.3 is 5.97 Å². The van der Waals surface area contributed by atoms with Crippen molar-refractivity contribution in [1.29, 1.82) is 0 Å². The number of aromatic carboxylic acids is 1. The summed E-state index contributed by atoms with van der Waals surface area (Å²) in [5, 5.41) is 17.5. The van der Waals surface area contributed by atoms with Gasteiger partial charge in [0.25, 0.3) is 0 Å². The van der Waals surface area contributed by atoms with E-state index in [0.29, 0.717) is 18.6 Å². The summed E-state index contributed by atoms with van der Waals surface area (Å²) in [4.78, 5) is 10.7. The summed E-state index contributed by atoms with van der Waals surface area (Å²) in [6, 6.07) is 4.75. The van der Waals surface area contributed by atoms with E-state index in [1.807, 2.05) is 0 Å². The standard InChI is InChI=1S/C11H14O4/c1-15-10-7-9(11(13)14)5-4-8(10)3-2-6-12/h4-5,7,12H,2-3,6H2,1H3,(H,13,14). The number of carboxylic acids is 1. The lowest BCUT2D eigenvalue weighted by atomic mass is 10.1. The first kappa shape index (κ1) is 11.5. The molecule has 4 heteroatoms. The fourth-order valence-corrected chi connectivity index (χ4v) is 1.35. The monoisotopic (exact) mass is 210 g/mol. The largest absolute Gasteiger partial charge is 0.496 e. The van der Waals surface area contributed by atoms with Crippen LogP contribution < -0.4 is 4.74 Å². The van der Waals surface area contributed by atoms with Crippen molar-refractivity contribution in [3.63, 3.8) is 0 Å². The Morgan fingerprint density at radius 2 is 2.20 bits per heavy atom. The lowest BCUT2D eigenvalue weighted by Crippen LogP contribution is -2.00. The summed E-state index contributed by atoms with van der Waals surface area (Å²) < 4.78 is 5.09. The first-order valence-electron chi connectivity index (χ1n) is 4.70. The summed E-state index contributed by atoms with van der Waals surface area (Å²) in [5.41, 5.74) is 1.12. The summed E-state index contributed by atoms with van der Waals surface area (Å²) >= 11 is 0. The quantitative estimate of drug-likeness (QED) is 0.769. The minimum atomic E-state index is -0.970. The Kier molecular flexibility index (Phi) is 4.12. The number of benzene rings is 1. The molecular formula is C11H14O4. The van der Waals surface area contributed by atoms with E-state index in [9.17, 15) is 4.79 Å². The lowest BCUT2D eigenvalue weighted by Gasteiger charge is -2.08. The maximum Gasteiger partial charge on any atom is 0.335 e. The topological polar surface area (TPSA) is 66.8 Å². The molecule has 0 fully saturated rings. The maximum atomic E-state index is 10.7. The van der Waals surface area contributed by atoms with Crippen LogP contribution in [-0.2, 0) is 6.42 Å². The number of hydrogen-bond donors (Lipinski definition) is 2. The molecule has 0 aliphatic carbocycles. The van der Waals surface area contributed by atoms with Gasteiger partial charge in [0, 0.05) is 6.61 Å². The fourth-order valence-electron chi connectivity index (χ4n) is 1.35. The molecule has 82 valence electrons. The highest BCUT2D eigenvalue weighted by Crippen LogP contribution is 2.21. The van der Waals surface area contributed by atoms with Crippen LogP contribution >= 0.6 is 0 Å². The molecule has 0 saturated heterocycles. The number of ether oxygens (including phenoxy) is 1. The molecule has 0 atom stereocenters. The Balaban J connectivity index is 2.93. The molecule has 15 heavy (non-hydrogen) atoms. The van der Waals surface area contributed by atoms with Crippen molar-refractivity contribution in [3.8, 4) is 5.75 Å². The number of carboxylic acid groups (broad SMARTS) is 1. The Labute approximate surface area is 88.1 Å². The number of aliphatic hydroxyl groups is 1. The van der Waals surface area contributed by atoms with Gasteiger partial charge in [-0.15, -0.1) is 0 Å². The van der Waals surface area contributed by atoms with E-state index in [-0.39, 0.29) is 12.2 Å². The molecule has 4 nitrogen and oxygen atoms in total. The first-order chi connectivity index (χ1) is 7.19. The van der Waals surface area contributed by atoms with Crippen LogP contribution in [0.2, 0.25) is 0 Å². The molecule has 0 saturated carbocycles. The number of rotatable bonds is 5. The third-order valence-corrected chi connectivity index (χ3v) is 2.14. The van der Waals surface area contributed by atoms with Crippen LogP contribution in [0.25, 0.3) is 0 Å². The highest BCUT2D eigenvalue weighted by Gasteiger charge is 2.08. The average Bonchev–Trinajstić information content (AvgIpc) is 2.25. The third-order valence-electron chi connectivity index (χ3n) is 2.14. The van der Waals surface area contributed by atoms with E-state index in [4.69, 9.17) is 14.9 Å². The molecule has 1 aromatic rings. The van der Waals surface area contributed by atoms with Gasteiger partial charge in [-0.1, -0.05) is 6.07 Å². The van der Waals surface area contributed by atoms with E-state index in [0.717, 1.165) is 5.56 Å². The second-order valence-corrected chi connectivity index (χ2v) is 3.16. The Bertz CT molecular complexity index is 346. The highest BCUT2D eigenvalue weighted by molar-refractivity contribution is 5.88. The summed E-state index contributed by atoms with van der Waals surface area (Å²) in [7, 11) is 1.50. The van der Waals surface area contributed by atoms with Crippen molar-refractivity contribution in [2.24, 2.45) is 0 Å². The van der Waals surface area contributed by atoms with Crippen LogP contribution in [0.3, 0.4) is 0 Å². The summed E-state index contributed by atoms with van der Waals surface area (Å²) in [6.45, 7) is 0.115. The van der Waals surface area contributed by atoms with Crippen molar-refractivity contribution in [1.82, 2.24) is 0 Å². The zero-order chi connectivity index (χ0) is 11.3. The van der Waals surface area contributed by atoms with Gasteiger partial charge in [0.1, 0.15) is 5.75 Å². The Hall–Kier alpha value is -1.55. The highest BCUT2D eigenvalue weighted by atomic mass is 16.5. The molecule has 0 heterocycles. The molecule has 0 aliphatic heterocycles. The predicted octanol–water partition coefficient (Wildman–Crippen LogP) is 1.32. The third kappa shape index (κ3) is 2.95. The minimum Gasteiger partial charge on any atom is -0.496 e. The molecule has 0 amide bonds. The van der Waals surface area contributed by atoms with Crippen LogP contribution in [0.4, 0.5) is 0 Å². The van der Waals surface area contributed by atoms with Crippen LogP contribution in [0.1, 0.15) is 22.3 Å². The van der Waals surface area contributed by atoms with Gasteiger partial charge in [-0.25, -0.2) is 4.79 Å². The smallest absolute Gasteiger partial charge is 0.335 e. The van der Waals surface area contributed by atoms with E-state index in [1.165, 1.54) is 19.2 Å². The number of carbonyl (C=O) groups is 1. The maximum absolute atomic E-state index is 10.7. The molecule has 0 spiro atoms. The Morgan fingerprint density at radius 3 is 2.73 bits per heavy atom. The van der Waals surface area contributed by atoms with Crippen LogP contribution in [0, 0.1) is 0 Å². The van der Waals surface area contributed by atoms with Gasteiger partial charge in [0.05, 0.1) is 12.7 Å². The molecular weight excluding hydrogens is 196 g/mol. The SMILES string of the molecule is COc1cc(C(=O)O)ccc1CCCO. The lowest BCUT2D eigenvalue weighted by molar-refractivity contribution is 0.0696. The average molecular weight is 210 g/mol. The van der Waals surface area contributed by atoms with Gasteiger partial charge in [-0.3, -0.25) is 0 Å². The second-order valence-electron chi connectivity index (χ2n) is 3.16. The van der Waals surface area contributed by atoms with E-state index in [1.54, 1.807) is 6.07 Å². The molecule has 0 radical (unpaired) electrons. The van der Waals surface area contributed by atoms with Gasteiger partial charge < -0.3 is 14.9 Å². The minimum absolute atomic E-state index is 0.115. The van der Waals surface area contributed by atoms with Gasteiger partial charge in [-0.05, 0) is 30.5 Å². The normalized spacial score (nSPS) is 10.0. The zero-order valence-corrected chi connectivity index (χ0v) is 8.56. The van der Waals surface area contributed by atoms with Crippen molar-refractivity contribution >= 4 is 5.97 Å². The number of hydrogen-bond acceptors (Lipinski definition) is 3. The van der Waals surface area contributed by atoms with E-state index < -0.39 is 5.97 Å². The summed E-state index contributed by atoms with van der Waals surface area (Å²) in [6.07, 6.45) is 1.32. The predicted molar refractivity (Wildman–Crippen MR) is 55.4 cm³/mol. The number of methoxy groups -OCH3 is 1. The van der Waals surface area contributed by atoms with Crippen LogP contribution in [0.5, 0.6) is 5.75 Å². The Morgan fingerprint density at radius 1 is 1.47 bits per heavy atom. The molecule has 1 aromatic carbocycles. The van der Waals surface area contributed by atoms with Crippen molar-refractivity contribution in [2.45, 2.75) is 12.8 Å². The number of aryl methyl sites for hydroxylation is 1. The summed E-state index contributed by atoms with van der Waals surface area (Å²) in [5.74, 6) is -0.412. The molecule has 0 aromatic heterocycles. The molecule has 0 aliphatic rings. The van der Waals surface area contributed by atoms with Crippen molar-refractivity contribution in [2.75, 3.05) is 13.7 Å². The van der Waals surface area contributed by atoms with Crippen LogP contribution in [-0.4, -0.2) is 29.9 Å². The van der Waals surface area contributed by atoms with Gasteiger partial charge in [0.15, 0.2) is 0 Å². The first-order valence-corrected chi connectivity index (χ1v) is 4.70. The van der Waals surface area contributed by atoms with E-state index >= 15 is 0 Å². The van der Waals surface area contributed by atoms with Crippen molar-refractivity contribution < 1.29 is 19.7 Å².